The van der Waals surface area contributed by atoms with Gasteiger partial charge in [-0.05, 0) is 13.0 Å². The van der Waals surface area contributed by atoms with E-state index in [0.29, 0.717) is 10.6 Å². The molecule has 1 aromatic carbocycles. The Bertz CT molecular complexity index is 396. The predicted octanol–water partition coefficient (Wildman–Crippen LogP) is 2.51. The minimum absolute atomic E-state index is 0.233. The summed E-state index contributed by atoms with van der Waals surface area (Å²) in [5.41, 5.74) is 5.33. The molecule has 0 aliphatic carbocycles. The van der Waals surface area contributed by atoms with Gasteiger partial charge in [0.1, 0.15) is 0 Å². The Kier molecular flexibility index (Phi) is 4.41. The Morgan fingerprint density at radius 3 is 2.62 bits per heavy atom. The SMILES string of the molecule is C[C@@H](O)[C@H](OC(N)=O)c1cccc(Cl)c1Cl. The van der Waals surface area contributed by atoms with Crippen molar-refractivity contribution in [2.75, 3.05) is 0 Å². The fourth-order valence-electron chi connectivity index (χ4n) is 1.29. The molecule has 0 spiro atoms. The minimum atomic E-state index is -0.984. The Morgan fingerprint density at radius 2 is 2.12 bits per heavy atom. The third-order valence-corrected chi connectivity index (χ3v) is 2.80. The van der Waals surface area contributed by atoms with Crippen molar-refractivity contribution in [3.8, 4) is 0 Å². The van der Waals surface area contributed by atoms with Gasteiger partial charge in [0.25, 0.3) is 0 Å². The van der Waals surface area contributed by atoms with Crippen molar-refractivity contribution in [3.05, 3.63) is 33.8 Å². The van der Waals surface area contributed by atoms with Gasteiger partial charge in [0.15, 0.2) is 6.10 Å². The number of ether oxygens (including phenoxy) is 1. The number of hydrogen-bond donors (Lipinski definition) is 2. The highest BCUT2D eigenvalue weighted by Gasteiger charge is 2.24. The number of aliphatic hydroxyl groups is 1. The lowest BCUT2D eigenvalue weighted by molar-refractivity contribution is 0.0148. The summed E-state index contributed by atoms with van der Waals surface area (Å²) in [5, 5.41) is 10.0. The van der Waals surface area contributed by atoms with E-state index in [2.05, 4.69) is 0 Å². The Hall–Kier alpha value is -0.970. The van der Waals surface area contributed by atoms with Crippen molar-refractivity contribution in [1.29, 1.82) is 0 Å². The first-order valence-electron chi connectivity index (χ1n) is 4.51. The monoisotopic (exact) mass is 263 g/mol. The Morgan fingerprint density at radius 1 is 1.50 bits per heavy atom. The van der Waals surface area contributed by atoms with Gasteiger partial charge in [-0.15, -0.1) is 0 Å². The van der Waals surface area contributed by atoms with Crippen LogP contribution in [0, 0.1) is 0 Å². The van der Waals surface area contributed by atoms with E-state index >= 15 is 0 Å². The maximum atomic E-state index is 10.7. The van der Waals surface area contributed by atoms with Crippen LogP contribution in [0.1, 0.15) is 18.6 Å². The standard InChI is InChI=1S/C10H11Cl2NO3/c1-5(14)9(16-10(13)15)6-3-2-4-7(11)8(6)12/h2-5,9,14H,1H3,(H2,13,15)/t5-,9+/m1/s1. The number of hydrogen-bond acceptors (Lipinski definition) is 3. The lowest BCUT2D eigenvalue weighted by atomic mass is 10.1. The van der Waals surface area contributed by atoms with Crippen LogP contribution >= 0.6 is 23.2 Å². The number of aliphatic hydroxyl groups excluding tert-OH is 1. The lowest BCUT2D eigenvalue weighted by Gasteiger charge is -2.21. The molecule has 0 saturated carbocycles. The smallest absolute Gasteiger partial charge is 0.405 e. The molecule has 1 amide bonds. The molecule has 0 bridgehead atoms. The number of carbonyl (C=O) groups excluding carboxylic acids is 1. The first kappa shape index (κ1) is 13.1. The van der Waals surface area contributed by atoms with Crippen molar-refractivity contribution in [3.63, 3.8) is 0 Å². The molecule has 1 rings (SSSR count). The summed E-state index contributed by atoms with van der Waals surface area (Å²) in [6, 6.07) is 4.84. The molecule has 0 heterocycles. The number of halogens is 2. The number of primary amides is 1. The maximum Gasteiger partial charge on any atom is 0.405 e. The second-order valence-electron chi connectivity index (χ2n) is 3.24. The molecule has 2 atom stereocenters. The van der Waals surface area contributed by atoms with Crippen molar-refractivity contribution in [2.45, 2.75) is 19.1 Å². The van der Waals surface area contributed by atoms with E-state index in [0.717, 1.165) is 0 Å². The van der Waals surface area contributed by atoms with Crippen LogP contribution in [0.5, 0.6) is 0 Å². The van der Waals surface area contributed by atoms with E-state index in [1.165, 1.54) is 6.92 Å². The molecule has 3 N–H and O–H groups in total. The third-order valence-electron chi connectivity index (χ3n) is 1.97. The quantitative estimate of drug-likeness (QED) is 0.880. The summed E-state index contributed by atoms with van der Waals surface area (Å²) in [6.45, 7) is 1.46. The summed E-state index contributed by atoms with van der Waals surface area (Å²) in [7, 11) is 0. The zero-order chi connectivity index (χ0) is 12.3. The van der Waals surface area contributed by atoms with Gasteiger partial charge in [0.05, 0.1) is 16.1 Å². The average Bonchev–Trinajstić information content (AvgIpc) is 2.18. The zero-order valence-electron chi connectivity index (χ0n) is 8.48. The number of amides is 1. The molecule has 0 unspecified atom stereocenters. The van der Waals surface area contributed by atoms with Crippen molar-refractivity contribution >= 4 is 29.3 Å². The molecule has 0 aromatic heterocycles. The van der Waals surface area contributed by atoms with Gasteiger partial charge in [-0.2, -0.15) is 0 Å². The molecule has 0 radical (unpaired) electrons. The largest absolute Gasteiger partial charge is 0.439 e. The molecule has 1 aromatic rings. The molecule has 88 valence electrons. The fraction of sp³-hybridized carbons (Fsp3) is 0.300. The zero-order valence-corrected chi connectivity index (χ0v) is 10.00. The van der Waals surface area contributed by atoms with Crippen LogP contribution in [0.4, 0.5) is 4.79 Å². The van der Waals surface area contributed by atoms with Crippen LogP contribution < -0.4 is 5.73 Å². The number of nitrogens with two attached hydrogens (primary N) is 1. The summed E-state index contributed by atoms with van der Waals surface area (Å²) in [5.74, 6) is 0. The first-order chi connectivity index (χ1) is 7.43. The number of rotatable bonds is 3. The Balaban J connectivity index is 3.10. The molecular formula is C10H11Cl2NO3. The van der Waals surface area contributed by atoms with Crippen molar-refractivity contribution < 1.29 is 14.6 Å². The van der Waals surface area contributed by atoms with Gasteiger partial charge in [0, 0.05) is 5.56 Å². The molecule has 16 heavy (non-hydrogen) atoms. The van der Waals surface area contributed by atoms with Gasteiger partial charge < -0.3 is 15.6 Å². The molecule has 0 fully saturated rings. The summed E-state index contributed by atoms with van der Waals surface area (Å²) >= 11 is 11.8. The van der Waals surface area contributed by atoms with E-state index in [9.17, 15) is 9.90 Å². The Labute approximate surface area is 103 Å². The molecule has 6 heteroatoms. The fourth-order valence-corrected chi connectivity index (χ4v) is 1.70. The van der Waals surface area contributed by atoms with Gasteiger partial charge >= 0.3 is 6.09 Å². The minimum Gasteiger partial charge on any atom is -0.439 e. The van der Waals surface area contributed by atoms with Gasteiger partial charge in [0.2, 0.25) is 0 Å². The third kappa shape index (κ3) is 3.01. The van der Waals surface area contributed by atoms with Gasteiger partial charge in [-0.25, -0.2) is 4.79 Å². The normalized spacial score (nSPS) is 14.2. The predicted molar refractivity (Wildman–Crippen MR) is 61.6 cm³/mol. The van der Waals surface area contributed by atoms with Crippen LogP contribution in [0.25, 0.3) is 0 Å². The second kappa shape index (κ2) is 5.39. The van der Waals surface area contributed by atoms with E-state index < -0.39 is 18.3 Å². The molecule has 0 aliphatic rings. The molecule has 0 aliphatic heterocycles. The molecule has 0 saturated heterocycles. The van der Waals surface area contributed by atoms with Crippen molar-refractivity contribution in [2.24, 2.45) is 5.73 Å². The number of carbonyl (C=O) groups is 1. The average molecular weight is 264 g/mol. The highest BCUT2D eigenvalue weighted by atomic mass is 35.5. The summed E-state index contributed by atoms with van der Waals surface area (Å²) in [4.78, 5) is 10.7. The van der Waals surface area contributed by atoms with Crippen LogP contribution in [0.3, 0.4) is 0 Å². The van der Waals surface area contributed by atoms with Crippen LogP contribution in [-0.4, -0.2) is 17.3 Å². The van der Waals surface area contributed by atoms with E-state index in [-0.39, 0.29) is 5.02 Å². The topological polar surface area (TPSA) is 72.6 Å². The summed E-state index contributed by atoms with van der Waals surface area (Å²) < 4.78 is 4.78. The van der Waals surface area contributed by atoms with Crippen LogP contribution in [0.15, 0.2) is 18.2 Å². The lowest BCUT2D eigenvalue weighted by Crippen LogP contribution is -2.25. The highest BCUT2D eigenvalue weighted by Crippen LogP contribution is 2.33. The maximum absolute atomic E-state index is 10.7. The van der Waals surface area contributed by atoms with Gasteiger partial charge in [-0.3, -0.25) is 0 Å². The highest BCUT2D eigenvalue weighted by molar-refractivity contribution is 6.42. The molecule has 4 nitrogen and oxygen atoms in total. The van der Waals surface area contributed by atoms with Gasteiger partial charge in [-0.1, -0.05) is 35.3 Å². The van der Waals surface area contributed by atoms with Crippen molar-refractivity contribution in [1.82, 2.24) is 0 Å². The van der Waals surface area contributed by atoms with E-state index in [1.807, 2.05) is 0 Å². The van der Waals surface area contributed by atoms with Crippen LogP contribution in [0.2, 0.25) is 10.0 Å². The first-order valence-corrected chi connectivity index (χ1v) is 5.27. The summed E-state index contributed by atoms with van der Waals surface area (Å²) in [6.07, 6.45) is -2.85. The molecular weight excluding hydrogens is 253 g/mol. The number of benzene rings is 1. The second-order valence-corrected chi connectivity index (χ2v) is 4.03. The van der Waals surface area contributed by atoms with Crippen LogP contribution in [-0.2, 0) is 4.74 Å². The van der Waals surface area contributed by atoms with E-state index in [4.69, 9.17) is 33.7 Å². The van der Waals surface area contributed by atoms with E-state index in [1.54, 1.807) is 18.2 Å².